The van der Waals surface area contributed by atoms with Gasteiger partial charge in [0.15, 0.2) is 0 Å². The monoisotopic (exact) mass is 622 g/mol. The molecule has 228 valence electrons. The predicted molar refractivity (Wildman–Crippen MR) is 208 cm³/mol. The van der Waals surface area contributed by atoms with Gasteiger partial charge in [0.1, 0.15) is 11.3 Å². The molecule has 0 radical (unpaired) electrons. The molecule has 10 aromatic rings. The SMILES string of the molecule is c1ccc(-c2cc3cc(-c4cccc5c(-c6c7ccccc7c(-c7ccc8ccccc8c7)c7ccccc67)cccc45)ccc3o2)cc1. The van der Waals surface area contributed by atoms with E-state index in [0.717, 1.165) is 22.3 Å². The normalized spacial score (nSPS) is 11.7. The maximum Gasteiger partial charge on any atom is 0.135 e. The molecule has 1 heterocycles. The highest BCUT2D eigenvalue weighted by Crippen LogP contribution is 2.46. The second-order valence-corrected chi connectivity index (χ2v) is 12.8. The molecule has 0 aliphatic rings. The number of hydrogen-bond acceptors (Lipinski definition) is 1. The summed E-state index contributed by atoms with van der Waals surface area (Å²) in [6.07, 6.45) is 0. The lowest BCUT2D eigenvalue weighted by atomic mass is 9.84. The zero-order valence-electron chi connectivity index (χ0n) is 26.7. The smallest absolute Gasteiger partial charge is 0.135 e. The van der Waals surface area contributed by atoms with Crippen LogP contribution in [0.4, 0.5) is 0 Å². The number of furan rings is 1. The Morgan fingerprint density at radius 3 is 1.57 bits per heavy atom. The zero-order valence-corrected chi connectivity index (χ0v) is 26.7. The van der Waals surface area contributed by atoms with Gasteiger partial charge < -0.3 is 4.42 Å². The molecular weight excluding hydrogens is 593 g/mol. The van der Waals surface area contributed by atoms with Crippen LogP contribution in [0.1, 0.15) is 0 Å². The first-order valence-corrected chi connectivity index (χ1v) is 16.8. The molecule has 10 rings (SSSR count). The van der Waals surface area contributed by atoms with Gasteiger partial charge in [-0.05, 0) is 101 Å². The molecule has 0 amide bonds. The van der Waals surface area contributed by atoms with Gasteiger partial charge in [-0.1, -0.05) is 158 Å². The first kappa shape index (κ1) is 27.7. The third-order valence-electron chi connectivity index (χ3n) is 10.0. The van der Waals surface area contributed by atoms with Crippen molar-refractivity contribution in [2.24, 2.45) is 0 Å². The van der Waals surface area contributed by atoms with E-state index in [1.54, 1.807) is 0 Å². The van der Waals surface area contributed by atoms with Crippen molar-refractivity contribution in [3.63, 3.8) is 0 Å². The molecule has 49 heavy (non-hydrogen) atoms. The van der Waals surface area contributed by atoms with Gasteiger partial charge in [-0.3, -0.25) is 0 Å². The van der Waals surface area contributed by atoms with E-state index in [9.17, 15) is 0 Å². The summed E-state index contributed by atoms with van der Waals surface area (Å²) in [6.45, 7) is 0. The lowest BCUT2D eigenvalue weighted by Crippen LogP contribution is -1.92. The van der Waals surface area contributed by atoms with Crippen molar-refractivity contribution in [1.29, 1.82) is 0 Å². The Morgan fingerprint density at radius 2 is 0.837 bits per heavy atom. The Hall–Kier alpha value is -6.44. The molecule has 0 saturated heterocycles. The second-order valence-electron chi connectivity index (χ2n) is 12.8. The van der Waals surface area contributed by atoms with Crippen LogP contribution in [-0.4, -0.2) is 0 Å². The predicted octanol–water partition coefficient (Wildman–Crippen LogP) is 13.7. The van der Waals surface area contributed by atoms with E-state index < -0.39 is 0 Å². The number of rotatable bonds is 4. The summed E-state index contributed by atoms with van der Waals surface area (Å²) in [5, 5.41) is 11.1. The number of benzene rings is 9. The fourth-order valence-corrected chi connectivity index (χ4v) is 7.81. The van der Waals surface area contributed by atoms with Gasteiger partial charge in [-0.2, -0.15) is 0 Å². The summed E-state index contributed by atoms with van der Waals surface area (Å²) in [7, 11) is 0. The third kappa shape index (κ3) is 4.47. The van der Waals surface area contributed by atoms with Gasteiger partial charge in [-0.25, -0.2) is 0 Å². The molecular formula is C48H30O. The maximum absolute atomic E-state index is 6.25. The van der Waals surface area contributed by atoms with E-state index in [2.05, 4.69) is 164 Å². The highest BCUT2D eigenvalue weighted by molar-refractivity contribution is 6.24. The average Bonchev–Trinajstić information content (AvgIpc) is 3.60. The Balaban J connectivity index is 1.19. The largest absolute Gasteiger partial charge is 0.456 e. The van der Waals surface area contributed by atoms with E-state index in [4.69, 9.17) is 4.42 Å². The van der Waals surface area contributed by atoms with Gasteiger partial charge >= 0.3 is 0 Å². The van der Waals surface area contributed by atoms with Crippen LogP contribution in [0.3, 0.4) is 0 Å². The van der Waals surface area contributed by atoms with Crippen LogP contribution in [0, 0.1) is 0 Å². The van der Waals surface area contributed by atoms with Gasteiger partial charge in [-0.15, -0.1) is 0 Å². The minimum atomic E-state index is 0.888. The molecule has 9 aromatic carbocycles. The van der Waals surface area contributed by atoms with E-state index in [-0.39, 0.29) is 0 Å². The Labute approximate surface area is 284 Å². The van der Waals surface area contributed by atoms with Crippen LogP contribution in [-0.2, 0) is 0 Å². The van der Waals surface area contributed by atoms with Crippen molar-refractivity contribution in [1.82, 2.24) is 0 Å². The minimum Gasteiger partial charge on any atom is -0.456 e. The van der Waals surface area contributed by atoms with Crippen LogP contribution >= 0.6 is 0 Å². The molecule has 1 aromatic heterocycles. The molecule has 0 aliphatic carbocycles. The minimum absolute atomic E-state index is 0.888. The molecule has 0 aliphatic heterocycles. The molecule has 0 fully saturated rings. The van der Waals surface area contributed by atoms with Gasteiger partial charge in [0, 0.05) is 10.9 Å². The van der Waals surface area contributed by atoms with Crippen molar-refractivity contribution in [2.45, 2.75) is 0 Å². The third-order valence-corrected chi connectivity index (χ3v) is 10.0. The van der Waals surface area contributed by atoms with Crippen LogP contribution in [0.25, 0.3) is 98.8 Å². The van der Waals surface area contributed by atoms with Crippen LogP contribution in [0.15, 0.2) is 186 Å². The van der Waals surface area contributed by atoms with E-state index in [1.807, 2.05) is 18.2 Å². The molecule has 0 bridgehead atoms. The quantitative estimate of drug-likeness (QED) is 0.178. The summed E-state index contributed by atoms with van der Waals surface area (Å²) in [4.78, 5) is 0. The second kappa shape index (κ2) is 11.1. The van der Waals surface area contributed by atoms with Crippen LogP contribution < -0.4 is 0 Å². The zero-order chi connectivity index (χ0) is 32.3. The van der Waals surface area contributed by atoms with Gasteiger partial charge in [0.05, 0.1) is 0 Å². The van der Waals surface area contributed by atoms with Crippen molar-refractivity contribution < 1.29 is 4.42 Å². The fraction of sp³-hybridized carbons (Fsp3) is 0. The molecule has 0 saturated carbocycles. The summed E-state index contributed by atoms with van der Waals surface area (Å²) in [5.74, 6) is 0.888. The fourth-order valence-electron chi connectivity index (χ4n) is 7.81. The Bertz CT molecular complexity index is 2820. The number of hydrogen-bond donors (Lipinski definition) is 0. The molecule has 0 N–H and O–H groups in total. The van der Waals surface area contributed by atoms with Gasteiger partial charge in [0.2, 0.25) is 0 Å². The topological polar surface area (TPSA) is 13.1 Å². The molecule has 1 heteroatoms. The summed E-state index contributed by atoms with van der Waals surface area (Å²) in [6, 6.07) is 65.8. The summed E-state index contributed by atoms with van der Waals surface area (Å²) >= 11 is 0. The van der Waals surface area contributed by atoms with Gasteiger partial charge in [0.25, 0.3) is 0 Å². The Kier molecular flexibility index (Phi) is 6.25. The molecule has 0 unspecified atom stereocenters. The van der Waals surface area contributed by atoms with E-state index in [1.165, 1.54) is 76.5 Å². The summed E-state index contributed by atoms with van der Waals surface area (Å²) < 4.78 is 6.25. The molecule has 0 atom stereocenters. The first-order valence-electron chi connectivity index (χ1n) is 16.8. The van der Waals surface area contributed by atoms with E-state index >= 15 is 0 Å². The van der Waals surface area contributed by atoms with Crippen molar-refractivity contribution >= 4 is 54.1 Å². The maximum atomic E-state index is 6.25. The molecule has 1 nitrogen and oxygen atoms in total. The van der Waals surface area contributed by atoms with Crippen LogP contribution in [0.2, 0.25) is 0 Å². The molecule has 0 spiro atoms. The van der Waals surface area contributed by atoms with E-state index in [0.29, 0.717) is 0 Å². The first-order chi connectivity index (χ1) is 24.3. The highest BCUT2D eigenvalue weighted by Gasteiger charge is 2.19. The summed E-state index contributed by atoms with van der Waals surface area (Å²) in [5.41, 5.74) is 9.41. The lowest BCUT2D eigenvalue weighted by molar-refractivity contribution is 0.631. The standard InChI is InChI=1S/C48H30O/c1-2-13-32(14-3-1)46-30-36-29-34(26-27-45(36)49-46)37-20-10-22-39-38(37)21-11-23-40(39)48-43-18-8-6-16-41(43)47(42-17-7-9-19-44(42)48)35-25-24-31-12-4-5-15-33(31)28-35/h1-30H. The highest BCUT2D eigenvalue weighted by atomic mass is 16.3. The van der Waals surface area contributed by atoms with Crippen molar-refractivity contribution in [3.8, 4) is 44.7 Å². The lowest BCUT2D eigenvalue weighted by Gasteiger charge is -2.19. The van der Waals surface area contributed by atoms with Crippen molar-refractivity contribution in [3.05, 3.63) is 182 Å². The van der Waals surface area contributed by atoms with Crippen molar-refractivity contribution in [2.75, 3.05) is 0 Å². The number of fused-ring (bicyclic) bond motifs is 5. The average molecular weight is 623 g/mol. The Morgan fingerprint density at radius 1 is 0.286 bits per heavy atom. The van der Waals surface area contributed by atoms with Crippen LogP contribution in [0.5, 0.6) is 0 Å².